The lowest BCUT2D eigenvalue weighted by atomic mass is 10.0. The molecule has 0 heterocycles. The van der Waals surface area contributed by atoms with Crippen molar-refractivity contribution in [2.45, 2.75) is 97.0 Å². The molecule has 0 aliphatic carbocycles. The molecule has 23 heavy (non-hydrogen) atoms. The molecule has 0 aromatic carbocycles. The van der Waals surface area contributed by atoms with E-state index in [-0.39, 0.29) is 0 Å². The van der Waals surface area contributed by atoms with Crippen molar-refractivity contribution < 1.29 is 14.2 Å². The van der Waals surface area contributed by atoms with Gasteiger partial charge in [-0.15, -0.1) is 0 Å². The monoisotopic (exact) mass is 330 g/mol. The molecule has 3 nitrogen and oxygen atoms in total. The average molecular weight is 331 g/mol. The van der Waals surface area contributed by atoms with Gasteiger partial charge in [0.1, 0.15) is 0 Å². The number of ether oxygens (including phenoxy) is 3. The molecule has 140 valence electrons. The van der Waals surface area contributed by atoms with Crippen molar-refractivity contribution in [3.8, 4) is 0 Å². The second-order valence-corrected chi connectivity index (χ2v) is 6.50. The predicted molar refractivity (Wildman–Crippen MR) is 99.2 cm³/mol. The molecule has 0 amide bonds. The van der Waals surface area contributed by atoms with E-state index in [0.29, 0.717) is 19.3 Å². The lowest BCUT2D eigenvalue weighted by Gasteiger charge is -2.18. The number of hydrogen-bond acceptors (Lipinski definition) is 3. The highest BCUT2D eigenvalue weighted by Crippen LogP contribution is 2.15. The Morgan fingerprint density at radius 1 is 0.609 bits per heavy atom. The van der Waals surface area contributed by atoms with Gasteiger partial charge in [-0.25, -0.2) is 0 Å². The number of unbranched alkanes of at least 4 members (excludes halogenated alkanes) is 7. The molecule has 0 saturated carbocycles. The summed E-state index contributed by atoms with van der Waals surface area (Å²) in [7, 11) is 1.70. The molecule has 0 N–H and O–H groups in total. The van der Waals surface area contributed by atoms with Crippen LogP contribution in [0.1, 0.15) is 90.9 Å². The van der Waals surface area contributed by atoms with Gasteiger partial charge in [0.15, 0.2) is 0 Å². The Kier molecular flexibility index (Phi) is 19.8. The van der Waals surface area contributed by atoms with E-state index in [4.69, 9.17) is 14.2 Å². The van der Waals surface area contributed by atoms with E-state index in [0.717, 1.165) is 19.6 Å². The van der Waals surface area contributed by atoms with Crippen LogP contribution in [0.3, 0.4) is 0 Å². The molecular weight excluding hydrogens is 288 g/mol. The molecule has 0 rings (SSSR count). The molecule has 1 unspecified atom stereocenters. The van der Waals surface area contributed by atoms with Crippen LogP contribution in [0.4, 0.5) is 0 Å². The van der Waals surface area contributed by atoms with Gasteiger partial charge in [0, 0.05) is 20.3 Å². The van der Waals surface area contributed by atoms with Crippen LogP contribution < -0.4 is 0 Å². The van der Waals surface area contributed by atoms with Gasteiger partial charge in [0.05, 0.1) is 19.3 Å². The van der Waals surface area contributed by atoms with Crippen LogP contribution in [-0.4, -0.2) is 39.6 Å². The zero-order chi connectivity index (χ0) is 17.0. The molecule has 1 atom stereocenters. The Labute approximate surface area is 145 Å². The van der Waals surface area contributed by atoms with Crippen LogP contribution >= 0.6 is 0 Å². The van der Waals surface area contributed by atoms with Crippen molar-refractivity contribution in [1.82, 2.24) is 0 Å². The minimum absolute atomic E-state index is 0.463. The highest BCUT2D eigenvalue weighted by molar-refractivity contribution is 4.59. The Hall–Kier alpha value is -0.120. The van der Waals surface area contributed by atoms with Crippen LogP contribution in [0.25, 0.3) is 0 Å². The lowest BCUT2D eigenvalue weighted by Crippen LogP contribution is -2.15. The van der Waals surface area contributed by atoms with Gasteiger partial charge in [-0.3, -0.25) is 0 Å². The predicted octanol–water partition coefficient (Wildman–Crippen LogP) is 5.76. The van der Waals surface area contributed by atoms with Crippen molar-refractivity contribution in [2.24, 2.45) is 0 Å². The van der Waals surface area contributed by atoms with E-state index >= 15 is 0 Å². The minimum atomic E-state index is 0.463. The van der Waals surface area contributed by atoms with Crippen molar-refractivity contribution in [2.75, 3.05) is 33.5 Å². The van der Waals surface area contributed by atoms with E-state index in [1.54, 1.807) is 7.11 Å². The fourth-order valence-corrected chi connectivity index (χ4v) is 2.73. The quantitative estimate of drug-likeness (QED) is 0.282. The van der Waals surface area contributed by atoms with E-state index in [1.165, 1.54) is 70.6 Å². The van der Waals surface area contributed by atoms with Crippen LogP contribution in [0.15, 0.2) is 0 Å². The van der Waals surface area contributed by atoms with Gasteiger partial charge in [0.2, 0.25) is 0 Å². The third-order valence-corrected chi connectivity index (χ3v) is 4.23. The molecule has 0 saturated heterocycles. The maximum absolute atomic E-state index is 6.08. The van der Waals surface area contributed by atoms with Crippen LogP contribution in [-0.2, 0) is 14.2 Å². The average Bonchev–Trinajstić information content (AvgIpc) is 2.57. The van der Waals surface area contributed by atoms with Crippen LogP contribution in [0.5, 0.6) is 0 Å². The van der Waals surface area contributed by atoms with E-state index in [1.807, 2.05) is 0 Å². The SMILES string of the molecule is CCCCCCCCCC(CCCC)OCCCOCCOC. The summed E-state index contributed by atoms with van der Waals surface area (Å²) in [6.45, 7) is 7.51. The Bertz CT molecular complexity index is 191. The highest BCUT2D eigenvalue weighted by Gasteiger charge is 2.08. The zero-order valence-electron chi connectivity index (χ0n) is 16.1. The van der Waals surface area contributed by atoms with E-state index in [9.17, 15) is 0 Å². The molecule has 0 aromatic rings. The molecule has 0 fully saturated rings. The van der Waals surface area contributed by atoms with Gasteiger partial charge < -0.3 is 14.2 Å². The van der Waals surface area contributed by atoms with Gasteiger partial charge in [0.25, 0.3) is 0 Å². The summed E-state index contributed by atoms with van der Waals surface area (Å²) >= 11 is 0. The summed E-state index contributed by atoms with van der Waals surface area (Å²) in [6.07, 6.45) is 16.1. The first-order valence-corrected chi connectivity index (χ1v) is 10.0. The smallest absolute Gasteiger partial charge is 0.0700 e. The van der Waals surface area contributed by atoms with Crippen molar-refractivity contribution in [1.29, 1.82) is 0 Å². The highest BCUT2D eigenvalue weighted by atomic mass is 16.5. The maximum Gasteiger partial charge on any atom is 0.0700 e. The second-order valence-electron chi connectivity index (χ2n) is 6.50. The fraction of sp³-hybridized carbons (Fsp3) is 1.00. The third kappa shape index (κ3) is 18.1. The second kappa shape index (κ2) is 19.9. The standard InChI is InChI=1S/C20H42O3/c1-4-6-8-9-10-11-12-15-20(14-7-5-2)23-17-13-16-22-19-18-21-3/h20H,4-19H2,1-3H3. The number of methoxy groups -OCH3 is 1. The number of rotatable bonds is 19. The van der Waals surface area contributed by atoms with Gasteiger partial charge in [-0.05, 0) is 19.3 Å². The largest absolute Gasteiger partial charge is 0.382 e. The van der Waals surface area contributed by atoms with E-state index < -0.39 is 0 Å². The summed E-state index contributed by atoms with van der Waals surface area (Å²) in [5.41, 5.74) is 0. The minimum Gasteiger partial charge on any atom is -0.382 e. The van der Waals surface area contributed by atoms with Crippen LogP contribution in [0.2, 0.25) is 0 Å². The first kappa shape index (κ1) is 22.9. The van der Waals surface area contributed by atoms with Gasteiger partial charge in [-0.2, -0.15) is 0 Å². The summed E-state index contributed by atoms with van der Waals surface area (Å²) in [6, 6.07) is 0. The van der Waals surface area contributed by atoms with Gasteiger partial charge >= 0.3 is 0 Å². The molecule has 3 heteroatoms. The lowest BCUT2D eigenvalue weighted by molar-refractivity contribution is 0.0149. The molecule has 0 radical (unpaired) electrons. The summed E-state index contributed by atoms with van der Waals surface area (Å²) < 4.78 is 16.5. The molecule has 0 aliphatic heterocycles. The number of hydrogen-bond donors (Lipinski definition) is 0. The molecule has 0 bridgehead atoms. The summed E-state index contributed by atoms with van der Waals surface area (Å²) in [5, 5.41) is 0. The third-order valence-electron chi connectivity index (χ3n) is 4.23. The van der Waals surface area contributed by atoms with E-state index in [2.05, 4.69) is 13.8 Å². The molecule has 0 aromatic heterocycles. The normalized spacial score (nSPS) is 12.7. The molecule has 0 spiro atoms. The van der Waals surface area contributed by atoms with Crippen LogP contribution in [0, 0.1) is 0 Å². The van der Waals surface area contributed by atoms with Crippen molar-refractivity contribution in [3.63, 3.8) is 0 Å². The zero-order valence-corrected chi connectivity index (χ0v) is 16.1. The Morgan fingerprint density at radius 3 is 1.96 bits per heavy atom. The fourth-order valence-electron chi connectivity index (χ4n) is 2.73. The summed E-state index contributed by atoms with van der Waals surface area (Å²) in [4.78, 5) is 0. The maximum atomic E-state index is 6.08. The van der Waals surface area contributed by atoms with Gasteiger partial charge in [-0.1, -0.05) is 71.6 Å². The van der Waals surface area contributed by atoms with Crippen molar-refractivity contribution >= 4 is 0 Å². The molecular formula is C20H42O3. The topological polar surface area (TPSA) is 27.7 Å². The first-order chi connectivity index (χ1) is 11.3. The molecule has 0 aliphatic rings. The Morgan fingerprint density at radius 2 is 1.26 bits per heavy atom. The first-order valence-electron chi connectivity index (χ1n) is 10.0. The van der Waals surface area contributed by atoms with Crippen molar-refractivity contribution in [3.05, 3.63) is 0 Å². The summed E-state index contributed by atoms with van der Waals surface area (Å²) in [5.74, 6) is 0. The Balaban J connectivity index is 3.56.